The van der Waals surface area contributed by atoms with Gasteiger partial charge >= 0.3 is 0 Å². The Bertz CT molecular complexity index is 541. The number of halogens is 1. The van der Waals surface area contributed by atoms with Crippen LogP contribution in [0.2, 0.25) is 0 Å². The van der Waals surface area contributed by atoms with Crippen LogP contribution in [-0.4, -0.2) is 4.98 Å². The summed E-state index contributed by atoms with van der Waals surface area (Å²) in [5, 5.41) is 0. The van der Waals surface area contributed by atoms with Crippen LogP contribution in [0.5, 0.6) is 0 Å². The average Bonchev–Trinajstić information content (AvgIpc) is 2.34. The number of aromatic nitrogens is 1. The Morgan fingerprint density at radius 1 is 1.28 bits per heavy atom. The van der Waals surface area contributed by atoms with Crippen molar-refractivity contribution < 1.29 is 4.39 Å². The van der Waals surface area contributed by atoms with Crippen molar-refractivity contribution in [3.05, 3.63) is 53.6 Å². The Hall–Kier alpha value is -1.39. The van der Waals surface area contributed by atoms with Gasteiger partial charge in [0, 0.05) is 28.2 Å². The second-order valence-electron chi connectivity index (χ2n) is 4.21. The van der Waals surface area contributed by atoms with Gasteiger partial charge in [-0.3, -0.25) is 4.98 Å². The first-order chi connectivity index (χ1) is 8.58. The second kappa shape index (κ2) is 5.50. The summed E-state index contributed by atoms with van der Waals surface area (Å²) < 4.78 is 13.6. The van der Waals surface area contributed by atoms with E-state index in [-0.39, 0.29) is 11.9 Å². The molecule has 1 atom stereocenters. The lowest BCUT2D eigenvalue weighted by molar-refractivity contribution is 0.610. The number of nitrogens with two attached hydrogens (primary N) is 1. The van der Waals surface area contributed by atoms with Crippen molar-refractivity contribution in [3.63, 3.8) is 0 Å². The molecular weight excluding hydrogens is 247 g/mol. The molecule has 0 fully saturated rings. The van der Waals surface area contributed by atoms with Crippen molar-refractivity contribution >= 4 is 11.8 Å². The highest BCUT2D eigenvalue weighted by Gasteiger charge is 2.12. The minimum absolute atomic E-state index is 0.190. The first kappa shape index (κ1) is 13.1. The maximum absolute atomic E-state index is 13.6. The fourth-order valence-electron chi connectivity index (χ4n) is 1.65. The van der Waals surface area contributed by atoms with Crippen LogP contribution in [0.25, 0.3) is 0 Å². The molecule has 1 unspecified atom stereocenters. The Balaban J connectivity index is 2.40. The van der Waals surface area contributed by atoms with Gasteiger partial charge in [0.15, 0.2) is 0 Å². The Morgan fingerprint density at radius 2 is 1.94 bits per heavy atom. The van der Waals surface area contributed by atoms with Crippen LogP contribution < -0.4 is 5.73 Å². The van der Waals surface area contributed by atoms with Gasteiger partial charge in [-0.15, -0.1) is 0 Å². The highest BCUT2D eigenvalue weighted by atomic mass is 32.2. The van der Waals surface area contributed by atoms with Gasteiger partial charge in [-0.05, 0) is 49.2 Å². The lowest BCUT2D eigenvalue weighted by atomic mass is 10.1. The minimum Gasteiger partial charge on any atom is -0.324 e. The molecule has 0 spiro atoms. The van der Waals surface area contributed by atoms with Crippen LogP contribution in [0.4, 0.5) is 4.39 Å². The van der Waals surface area contributed by atoms with Crippen LogP contribution in [0.3, 0.4) is 0 Å². The van der Waals surface area contributed by atoms with E-state index in [2.05, 4.69) is 4.98 Å². The molecule has 0 aliphatic carbocycles. The summed E-state index contributed by atoms with van der Waals surface area (Å²) in [6.07, 6.45) is 3.48. The summed E-state index contributed by atoms with van der Waals surface area (Å²) in [4.78, 5) is 6.04. The van der Waals surface area contributed by atoms with E-state index in [0.29, 0.717) is 5.56 Å². The largest absolute Gasteiger partial charge is 0.324 e. The Labute approximate surface area is 110 Å². The highest BCUT2D eigenvalue weighted by Crippen LogP contribution is 2.34. The fourth-order valence-corrected chi connectivity index (χ4v) is 2.76. The first-order valence-electron chi connectivity index (χ1n) is 5.71. The molecule has 18 heavy (non-hydrogen) atoms. The quantitative estimate of drug-likeness (QED) is 0.916. The highest BCUT2D eigenvalue weighted by molar-refractivity contribution is 7.99. The van der Waals surface area contributed by atoms with Gasteiger partial charge < -0.3 is 5.73 Å². The van der Waals surface area contributed by atoms with Crippen LogP contribution >= 0.6 is 11.8 Å². The van der Waals surface area contributed by atoms with Crippen LogP contribution in [-0.2, 0) is 0 Å². The standard InChI is InChI=1S/C14H15FN2S/c1-9-7-14(12(10(2)16)8-13(9)15)18-11-3-5-17-6-4-11/h3-8,10H,16H2,1-2H3. The molecule has 2 nitrogen and oxygen atoms in total. The molecule has 4 heteroatoms. The van der Waals surface area contributed by atoms with E-state index in [1.807, 2.05) is 25.1 Å². The van der Waals surface area contributed by atoms with E-state index in [1.54, 1.807) is 31.1 Å². The second-order valence-corrected chi connectivity index (χ2v) is 5.33. The molecule has 2 rings (SSSR count). The summed E-state index contributed by atoms with van der Waals surface area (Å²) in [7, 11) is 0. The number of benzene rings is 1. The smallest absolute Gasteiger partial charge is 0.126 e. The number of nitrogens with zero attached hydrogens (tertiary/aromatic N) is 1. The third-order valence-electron chi connectivity index (χ3n) is 2.66. The van der Waals surface area contributed by atoms with E-state index in [4.69, 9.17) is 5.73 Å². The van der Waals surface area contributed by atoms with Gasteiger partial charge in [0.05, 0.1) is 0 Å². The first-order valence-corrected chi connectivity index (χ1v) is 6.53. The molecule has 0 aliphatic rings. The molecule has 0 bridgehead atoms. The van der Waals surface area contributed by atoms with E-state index in [0.717, 1.165) is 15.4 Å². The van der Waals surface area contributed by atoms with Crippen molar-refractivity contribution in [2.45, 2.75) is 29.7 Å². The van der Waals surface area contributed by atoms with Crippen molar-refractivity contribution in [3.8, 4) is 0 Å². The molecular formula is C14H15FN2S. The van der Waals surface area contributed by atoms with Gasteiger partial charge in [-0.1, -0.05) is 11.8 Å². The molecule has 0 saturated carbocycles. The third kappa shape index (κ3) is 2.89. The van der Waals surface area contributed by atoms with Crippen molar-refractivity contribution in [1.29, 1.82) is 0 Å². The summed E-state index contributed by atoms with van der Waals surface area (Å²) in [6, 6.07) is 7.04. The van der Waals surface area contributed by atoms with Crippen LogP contribution in [0.15, 0.2) is 46.5 Å². The van der Waals surface area contributed by atoms with Crippen molar-refractivity contribution in [2.24, 2.45) is 5.73 Å². The number of aryl methyl sites for hydroxylation is 1. The molecule has 2 N–H and O–H groups in total. The van der Waals surface area contributed by atoms with Gasteiger partial charge in [0.25, 0.3) is 0 Å². The molecule has 1 aromatic carbocycles. The number of pyridine rings is 1. The van der Waals surface area contributed by atoms with E-state index in [9.17, 15) is 4.39 Å². The Morgan fingerprint density at radius 3 is 2.56 bits per heavy atom. The summed E-state index contributed by atoms with van der Waals surface area (Å²) >= 11 is 1.58. The predicted molar refractivity (Wildman–Crippen MR) is 72.1 cm³/mol. The van der Waals surface area contributed by atoms with Crippen molar-refractivity contribution in [1.82, 2.24) is 4.98 Å². The molecule has 2 aromatic rings. The normalized spacial score (nSPS) is 12.4. The van der Waals surface area contributed by atoms with Crippen LogP contribution in [0, 0.1) is 12.7 Å². The number of hydrogen-bond acceptors (Lipinski definition) is 3. The molecule has 0 amide bonds. The molecule has 0 radical (unpaired) electrons. The maximum atomic E-state index is 13.6. The number of hydrogen-bond donors (Lipinski definition) is 1. The molecule has 1 aromatic heterocycles. The third-order valence-corrected chi connectivity index (χ3v) is 3.74. The maximum Gasteiger partial charge on any atom is 0.126 e. The average molecular weight is 262 g/mol. The van der Waals surface area contributed by atoms with E-state index in [1.165, 1.54) is 6.07 Å². The molecule has 1 heterocycles. The zero-order chi connectivity index (χ0) is 13.1. The summed E-state index contributed by atoms with van der Waals surface area (Å²) in [5.41, 5.74) is 7.36. The minimum atomic E-state index is -0.207. The van der Waals surface area contributed by atoms with Crippen molar-refractivity contribution in [2.75, 3.05) is 0 Å². The lowest BCUT2D eigenvalue weighted by Crippen LogP contribution is -2.07. The van der Waals surface area contributed by atoms with Crippen LogP contribution in [0.1, 0.15) is 24.1 Å². The zero-order valence-corrected chi connectivity index (χ0v) is 11.2. The summed E-state index contributed by atoms with van der Waals surface area (Å²) in [5.74, 6) is -0.207. The molecule has 0 aliphatic heterocycles. The number of rotatable bonds is 3. The van der Waals surface area contributed by atoms with Gasteiger partial charge in [-0.25, -0.2) is 4.39 Å². The topological polar surface area (TPSA) is 38.9 Å². The molecule has 0 saturated heterocycles. The van der Waals surface area contributed by atoms with E-state index < -0.39 is 0 Å². The van der Waals surface area contributed by atoms with Gasteiger partial charge in [0.1, 0.15) is 5.82 Å². The molecule has 94 valence electrons. The zero-order valence-electron chi connectivity index (χ0n) is 10.4. The monoisotopic (exact) mass is 262 g/mol. The SMILES string of the molecule is Cc1cc(Sc2ccncc2)c(C(C)N)cc1F. The van der Waals surface area contributed by atoms with Gasteiger partial charge in [-0.2, -0.15) is 0 Å². The summed E-state index contributed by atoms with van der Waals surface area (Å²) in [6.45, 7) is 3.62. The Kier molecular flexibility index (Phi) is 3.99. The fraction of sp³-hybridized carbons (Fsp3) is 0.214. The predicted octanol–water partition coefficient (Wildman–Crippen LogP) is 3.70. The van der Waals surface area contributed by atoms with Gasteiger partial charge in [0.2, 0.25) is 0 Å². The lowest BCUT2D eigenvalue weighted by Gasteiger charge is -2.14. The van der Waals surface area contributed by atoms with E-state index >= 15 is 0 Å².